The van der Waals surface area contributed by atoms with E-state index in [-0.39, 0.29) is 10.6 Å². The van der Waals surface area contributed by atoms with Crippen molar-refractivity contribution in [1.82, 2.24) is 9.62 Å². The lowest BCUT2D eigenvalue weighted by molar-refractivity contribution is -0.385. The molecule has 0 saturated carbocycles. The average molecular weight is 343 g/mol. The molecule has 9 heteroatoms. The first-order chi connectivity index (χ1) is 10.9. The maximum atomic E-state index is 12.2. The number of rotatable bonds is 7. The van der Waals surface area contributed by atoms with Crippen LogP contribution in [0.15, 0.2) is 23.1 Å². The molecule has 1 N–H and O–H groups in total. The van der Waals surface area contributed by atoms with Gasteiger partial charge in [-0.15, -0.1) is 0 Å². The summed E-state index contributed by atoms with van der Waals surface area (Å²) in [6.07, 6.45) is 0.674. The zero-order valence-electron chi connectivity index (χ0n) is 13.0. The van der Waals surface area contributed by atoms with E-state index in [0.29, 0.717) is 31.7 Å². The summed E-state index contributed by atoms with van der Waals surface area (Å²) in [5, 5.41) is 10.9. The van der Waals surface area contributed by atoms with Gasteiger partial charge in [0, 0.05) is 31.3 Å². The number of nitrogens with zero attached hydrogens (tertiary/aromatic N) is 2. The lowest BCUT2D eigenvalue weighted by atomic mass is 10.2. The quantitative estimate of drug-likeness (QED) is 0.448. The number of nitrogens with one attached hydrogen (secondary N) is 1. The van der Waals surface area contributed by atoms with Crippen LogP contribution in [-0.4, -0.2) is 57.6 Å². The van der Waals surface area contributed by atoms with Crippen LogP contribution in [0.2, 0.25) is 0 Å². The van der Waals surface area contributed by atoms with Gasteiger partial charge in [-0.3, -0.25) is 15.0 Å². The standard InChI is InChI=1S/C14H21N3O5S/c1-12-3-4-13(11-14(12)17(18)19)23(20,21)15-5-2-6-16-7-9-22-10-8-16/h3-4,11,15H,2,5-10H2,1H3. The van der Waals surface area contributed by atoms with Crippen molar-refractivity contribution < 1.29 is 18.1 Å². The van der Waals surface area contributed by atoms with Crippen LogP contribution >= 0.6 is 0 Å². The van der Waals surface area contributed by atoms with Crippen molar-refractivity contribution in [1.29, 1.82) is 0 Å². The monoisotopic (exact) mass is 343 g/mol. The zero-order valence-corrected chi connectivity index (χ0v) is 13.8. The molecular weight excluding hydrogens is 322 g/mol. The van der Waals surface area contributed by atoms with E-state index in [2.05, 4.69) is 9.62 Å². The lowest BCUT2D eigenvalue weighted by Crippen LogP contribution is -2.38. The van der Waals surface area contributed by atoms with Gasteiger partial charge >= 0.3 is 0 Å². The molecular formula is C14H21N3O5S. The van der Waals surface area contributed by atoms with Crippen LogP contribution in [0, 0.1) is 17.0 Å². The molecule has 1 heterocycles. The van der Waals surface area contributed by atoms with Crippen LogP contribution in [0.25, 0.3) is 0 Å². The molecule has 0 amide bonds. The number of ether oxygens (including phenoxy) is 1. The van der Waals surface area contributed by atoms with E-state index < -0.39 is 14.9 Å². The second kappa shape index (κ2) is 7.82. The Kier molecular flexibility index (Phi) is 6.05. The first-order valence-electron chi connectivity index (χ1n) is 7.45. The van der Waals surface area contributed by atoms with Crippen LogP contribution in [0.3, 0.4) is 0 Å². The van der Waals surface area contributed by atoms with E-state index in [9.17, 15) is 18.5 Å². The number of hydrogen-bond acceptors (Lipinski definition) is 6. The highest BCUT2D eigenvalue weighted by Crippen LogP contribution is 2.21. The Hall–Kier alpha value is -1.55. The number of morpholine rings is 1. The summed E-state index contributed by atoms with van der Waals surface area (Å²) in [6.45, 7) is 5.79. The minimum Gasteiger partial charge on any atom is -0.379 e. The molecule has 1 aromatic rings. The molecule has 2 rings (SSSR count). The summed E-state index contributed by atoms with van der Waals surface area (Å²) in [4.78, 5) is 12.5. The fourth-order valence-corrected chi connectivity index (χ4v) is 3.46. The number of nitro groups is 1. The molecule has 1 aromatic carbocycles. The maximum Gasteiger partial charge on any atom is 0.273 e. The second-order valence-corrected chi connectivity index (χ2v) is 7.18. The predicted octanol–water partition coefficient (Wildman–Crippen LogP) is 0.904. The summed E-state index contributed by atoms with van der Waals surface area (Å²) in [5.74, 6) is 0. The zero-order chi connectivity index (χ0) is 16.9. The highest BCUT2D eigenvalue weighted by Gasteiger charge is 2.19. The average Bonchev–Trinajstić information content (AvgIpc) is 2.52. The topological polar surface area (TPSA) is 102 Å². The molecule has 1 aliphatic heterocycles. The Morgan fingerprint density at radius 1 is 1.35 bits per heavy atom. The third-order valence-electron chi connectivity index (χ3n) is 3.73. The second-order valence-electron chi connectivity index (χ2n) is 5.41. The summed E-state index contributed by atoms with van der Waals surface area (Å²) in [6, 6.07) is 3.92. The minimum atomic E-state index is -3.73. The van der Waals surface area contributed by atoms with Crippen molar-refractivity contribution in [3.63, 3.8) is 0 Å². The SMILES string of the molecule is Cc1ccc(S(=O)(=O)NCCCN2CCOCC2)cc1[N+](=O)[O-]. The molecule has 0 spiro atoms. The third kappa shape index (κ3) is 4.96. The van der Waals surface area contributed by atoms with Gasteiger partial charge in [-0.1, -0.05) is 6.07 Å². The van der Waals surface area contributed by atoms with E-state index in [1.165, 1.54) is 12.1 Å². The molecule has 1 saturated heterocycles. The molecule has 0 bridgehead atoms. The maximum absolute atomic E-state index is 12.2. The van der Waals surface area contributed by atoms with Crippen molar-refractivity contribution in [2.24, 2.45) is 0 Å². The van der Waals surface area contributed by atoms with Crippen LogP contribution in [0.5, 0.6) is 0 Å². The number of hydrogen-bond donors (Lipinski definition) is 1. The molecule has 1 fully saturated rings. The van der Waals surface area contributed by atoms with Crippen molar-refractivity contribution in [2.75, 3.05) is 39.4 Å². The highest BCUT2D eigenvalue weighted by molar-refractivity contribution is 7.89. The Morgan fingerprint density at radius 3 is 2.70 bits per heavy atom. The van der Waals surface area contributed by atoms with E-state index in [4.69, 9.17) is 4.74 Å². The summed E-state index contributed by atoms with van der Waals surface area (Å²) >= 11 is 0. The van der Waals surface area contributed by atoms with Gasteiger partial charge in [0.25, 0.3) is 5.69 Å². The number of benzene rings is 1. The Bertz CT molecular complexity index is 656. The lowest BCUT2D eigenvalue weighted by Gasteiger charge is -2.26. The molecule has 0 unspecified atom stereocenters. The Morgan fingerprint density at radius 2 is 2.04 bits per heavy atom. The fraction of sp³-hybridized carbons (Fsp3) is 0.571. The van der Waals surface area contributed by atoms with Gasteiger partial charge in [0.05, 0.1) is 23.0 Å². The smallest absolute Gasteiger partial charge is 0.273 e. The van der Waals surface area contributed by atoms with Crippen LogP contribution in [-0.2, 0) is 14.8 Å². The first-order valence-corrected chi connectivity index (χ1v) is 8.93. The molecule has 0 atom stereocenters. The van der Waals surface area contributed by atoms with E-state index in [1.54, 1.807) is 6.92 Å². The number of nitro benzene ring substituents is 1. The Labute approximate surface area is 135 Å². The highest BCUT2D eigenvalue weighted by atomic mass is 32.2. The van der Waals surface area contributed by atoms with Gasteiger partial charge in [0.15, 0.2) is 0 Å². The van der Waals surface area contributed by atoms with Gasteiger partial charge in [0.2, 0.25) is 10.0 Å². The molecule has 128 valence electrons. The van der Waals surface area contributed by atoms with Crippen molar-refractivity contribution >= 4 is 15.7 Å². The van der Waals surface area contributed by atoms with E-state index in [1.807, 2.05) is 0 Å². The minimum absolute atomic E-state index is 0.0822. The summed E-state index contributed by atoms with van der Waals surface area (Å²) in [5.41, 5.74) is 0.238. The van der Waals surface area contributed by atoms with E-state index >= 15 is 0 Å². The summed E-state index contributed by atoms with van der Waals surface area (Å²) < 4.78 is 32.1. The largest absolute Gasteiger partial charge is 0.379 e. The Balaban J connectivity index is 1.91. The van der Waals surface area contributed by atoms with Crippen molar-refractivity contribution in [3.8, 4) is 0 Å². The molecule has 0 radical (unpaired) electrons. The van der Waals surface area contributed by atoms with Gasteiger partial charge < -0.3 is 4.74 Å². The van der Waals surface area contributed by atoms with Crippen molar-refractivity contribution in [2.45, 2.75) is 18.2 Å². The van der Waals surface area contributed by atoms with Crippen LogP contribution < -0.4 is 4.72 Å². The van der Waals surface area contributed by atoms with Gasteiger partial charge in [-0.05, 0) is 26.0 Å². The van der Waals surface area contributed by atoms with E-state index in [0.717, 1.165) is 25.7 Å². The molecule has 1 aliphatic rings. The van der Waals surface area contributed by atoms with Crippen molar-refractivity contribution in [3.05, 3.63) is 33.9 Å². The molecule has 0 aromatic heterocycles. The normalized spacial score (nSPS) is 16.4. The third-order valence-corrected chi connectivity index (χ3v) is 5.19. The van der Waals surface area contributed by atoms with Gasteiger partial charge in [0.1, 0.15) is 0 Å². The van der Waals surface area contributed by atoms with Gasteiger partial charge in [-0.25, -0.2) is 13.1 Å². The number of sulfonamides is 1. The molecule has 23 heavy (non-hydrogen) atoms. The first kappa shape index (κ1) is 17.8. The number of aryl methyl sites for hydroxylation is 1. The predicted molar refractivity (Wildman–Crippen MR) is 84.9 cm³/mol. The van der Waals surface area contributed by atoms with Crippen LogP contribution in [0.1, 0.15) is 12.0 Å². The van der Waals surface area contributed by atoms with Crippen LogP contribution in [0.4, 0.5) is 5.69 Å². The summed E-state index contributed by atoms with van der Waals surface area (Å²) in [7, 11) is -3.73. The van der Waals surface area contributed by atoms with Gasteiger partial charge in [-0.2, -0.15) is 0 Å². The fourth-order valence-electron chi connectivity index (χ4n) is 2.37. The molecule has 0 aliphatic carbocycles. The molecule has 8 nitrogen and oxygen atoms in total.